The molecular formula is C3H6Br2O. The lowest BCUT2D eigenvalue weighted by molar-refractivity contribution is 0.295. The second-order valence-electron chi connectivity index (χ2n) is 0.903. The highest BCUT2D eigenvalue weighted by Gasteiger charge is 1.91. The monoisotopic (exact) mass is 216 g/mol. The predicted molar refractivity (Wildman–Crippen MR) is 33.3 cm³/mol. The van der Waals surface area contributed by atoms with Crippen LogP contribution in [0.1, 0.15) is 6.42 Å². The standard InChI is InChI=1S/C3H6Br2O/c4-3(5)1-2-6/h3,6H,1-2H2. The van der Waals surface area contributed by atoms with Crippen molar-refractivity contribution in [3.8, 4) is 0 Å². The van der Waals surface area contributed by atoms with E-state index < -0.39 is 0 Å². The summed E-state index contributed by atoms with van der Waals surface area (Å²) in [5.41, 5.74) is 0. The van der Waals surface area contributed by atoms with Crippen LogP contribution >= 0.6 is 31.9 Å². The van der Waals surface area contributed by atoms with E-state index in [9.17, 15) is 0 Å². The van der Waals surface area contributed by atoms with Gasteiger partial charge in [0.05, 0.1) is 3.74 Å². The molecule has 0 aromatic rings. The van der Waals surface area contributed by atoms with Gasteiger partial charge in [-0.15, -0.1) is 0 Å². The van der Waals surface area contributed by atoms with Gasteiger partial charge in [-0.05, 0) is 6.42 Å². The van der Waals surface area contributed by atoms with Gasteiger partial charge in [0.2, 0.25) is 0 Å². The summed E-state index contributed by atoms with van der Waals surface area (Å²) in [4.78, 5) is 0. The molecule has 3 heteroatoms. The Balaban J connectivity index is 2.63. The highest BCUT2D eigenvalue weighted by molar-refractivity contribution is 9.24. The normalized spacial score (nSPS) is 10.0. The zero-order valence-corrected chi connectivity index (χ0v) is 6.37. The number of aliphatic hydroxyl groups excluding tert-OH is 1. The van der Waals surface area contributed by atoms with Crippen LogP contribution in [-0.4, -0.2) is 15.4 Å². The first-order chi connectivity index (χ1) is 2.77. The van der Waals surface area contributed by atoms with E-state index in [1.54, 1.807) is 0 Å². The molecule has 0 atom stereocenters. The molecule has 0 aliphatic carbocycles. The Hall–Kier alpha value is 0.920. The Morgan fingerprint density at radius 3 is 2.00 bits per heavy atom. The van der Waals surface area contributed by atoms with E-state index in [4.69, 9.17) is 5.11 Å². The first-order valence-electron chi connectivity index (χ1n) is 1.66. The minimum Gasteiger partial charge on any atom is -0.396 e. The van der Waals surface area contributed by atoms with E-state index in [1.807, 2.05) is 0 Å². The summed E-state index contributed by atoms with van der Waals surface area (Å²) in [6.07, 6.45) is 0.764. The van der Waals surface area contributed by atoms with Crippen LogP contribution in [-0.2, 0) is 0 Å². The summed E-state index contributed by atoms with van der Waals surface area (Å²) < 4.78 is 0.273. The van der Waals surface area contributed by atoms with Crippen LogP contribution in [0.15, 0.2) is 0 Å². The number of hydrogen-bond acceptors (Lipinski definition) is 1. The molecule has 0 aliphatic rings. The van der Waals surface area contributed by atoms with Gasteiger partial charge in [0.25, 0.3) is 0 Å². The van der Waals surface area contributed by atoms with Gasteiger partial charge in [-0.3, -0.25) is 0 Å². The molecule has 0 rings (SSSR count). The lowest BCUT2D eigenvalue weighted by atomic mass is 10.5. The predicted octanol–water partition coefficient (Wildman–Crippen LogP) is 1.48. The highest BCUT2D eigenvalue weighted by Crippen LogP contribution is 2.10. The molecule has 0 saturated heterocycles. The Morgan fingerprint density at radius 2 is 2.00 bits per heavy atom. The topological polar surface area (TPSA) is 20.2 Å². The fourth-order valence-electron chi connectivity index (χ4n) is 0.0976. The molecule has 0 amide bonds. The van der Waals surface area contributed by atoms with Gasteiger partial charge in [-0.1, -0.05) is 31.9 Å². The SMILES string of the molecule is OCCC(Br)Br. The maximum absolute atomic E-state index is 8.18. The summed E-state index contributed by atoms with van der Waals surface area (Å²) in [5.74, 6) is 0. The molecule has 38 valence electrons. The fraction of sp³-hybridized carbons (Fsp3) is 1.00. The van der Waals surface area contributed by atoms with E-state index in [0.717, 1.165) is 6.42 Å². The number of aliphatic hydroxyl groups is 1. The third kappa shape index (κ3) is 4.92. The fourth-order valence-corrected chi connectivity index (χ4v) is 0.507. The third-order valence-corrected chi connectivity index (χ3v) is 1.26. The van der Waals surface area contributed by atoms with Crippen molar-refractivity contribution in [2.75, 3.05) is 6.61 Å². The zero-order chi connectivity index (χ0) is 4.99. The Labute approximate surface area is 54.0 Å². The van der Waals surface area contributed by atoms with Gasteiger partial charge in [-0.2, -0.15) is 0 Å². The van der Waals surface area contributed by atoms with Crippen LogP contribution in [0.25, 0.3) is 0 Å². The van der Waals surface area contributed by atoms with Gasteiger partial charge < -0.3 is 5.11 Å². The van der Waals surface area contributed by atoms with Gasteiger partial charge in [0.15, 0.2) is 0 Å². The Kier molecular flexibility index (Phi) is 4.72. The molecule has 0 radical (unpaired) electrons. The van der Waals surface area contributed by atoms with Crippen molar-refractivity contribution >= 4 is 31.9 Å². The smallest absolute Gasteiger partial charge is 0.0719 e. The van der Waals surface area contributed by atoms with Crippen LogP contribution < -0.4 is 0 Å². The number of hydrogen-bond donors (Lipinski definition) is 1. The molecule has 0 aromatic heterocycles. The summed E-state index contributed by atoms with van der Waals surface area (Å²) >= 11 is 6.38. The minimum absolute atomic E-state index is 0.237. The molecule has 0 unspecified atom stereocenters. The van der Waals surface area contributed by atoms with Crippen molar-refractivity contribution in [3.05, 3.63) is 0 Å². The van der Waals surface area contributed by atoms with E-state index in [-0.39, 0.29) is 10.3 Å². The first kappa shape index (κ1) is 6.92. The van der Waals surface area contributed by atoms with E-state index in [2.05, 4.69) is 31.9 Å². The van der Waals surface area contributed by atoms with Crippen LogP contribution in [0, 0.1) is 0 Å². The van der Waals surface area contributed by atoms with Crippen LogP contribution in [0.5, 0.6) is 0 Å². The molecule has 0 spiro atoms. The second-order valence-corrected chi connectivity index (χ2v) is 4.34. The van der Waals surface area contributed by atoms with Crippen LogP contribution in [0.2, 0.25) is 0 Å². The molecule has 0 aliphatic heterocycles. The van der Waals surface area contributed by atoms with Gasteiger partial charge in [0.1, 0.15) is 0 Å². The lowest BCUT2D eigenvalue weighted by Gasteiger charge is -1.91. The lowest BCUT2D eigenvalue weighted by Crippen LogP contribution is -1.88. The molecule has 1 N–H and O–H groups in total. The second kappa shape index (κ2) is 4.09. The van der Waals surface area contributed by atoms with Crippen molar-refractivity contribution < 1.29 is 5.11 Å². The van der Waals surface area contributed by atoms with E-state index in [1.165, 1.54) is 0 Å². The highest BCUT2D eigenvalue weighted by atomic mass is 79.9. The van der Waals surface area contributed by atoms with Crippen LogP contribution in [0.4, 0.5) is 0 Å². The number of halogens is 2. The summed E-state index contributed by atoms with van der Waals surface area (Å²) in [7, 11) is 0. The quantitative estimate of drug-likeness (QED) is 0.696. The molecule has 0 saturated carbocycles. The van der Waals surface area contributed by atoms with Gasteiger partial charge in [0, 0.05) is 6.61 Å². The van der Waals surface area contributed by atoms with Gasteiger partial charge >= 0.3 is 0 Å². The van der Waals surface area contributed by atoms with Crippen molar-refractivity contribution in [3.63, 3.8) is 0 Å². The van der Waals surface area contributed by atoms with Crippen molar-refractivity contribution in [2.45, 2.75) is 10.2 Å². The average molecular weight is 218 g/mol. The average Bonchev–Trinajstić information content (AvgIpc) is 1.35. The molecular weight excluding hydrogens is 212 g/mol. The van der Waals surface area contributed by atoms with Gasteiger partial charge in [-0.25, -0.2) is 0 Å². The first-order valence-corrected chi connectivity index (χ1v) is 3.49. The number of rotatable bonds is 2. The maximum Gasteiger partial charge on any atom is 0.0719 e. The third-order valence-electron chi connectivity index (χ3n) is 0.347. The largest absolute Gasteiger partial charge is 0.396 e. The molecule has 0 aromatic carbocycles. The molecule has 6 heavy (non-hydrogen) atoms. The van der Waals surface area contributed by atoms with Crippen molar-refractivity contribution in [1.29, 1.82) is 0 Å². The minimum atomic E-state index is 0.237. The van der Waals surface area contributed by atoms with Crippen molar-refractivity contribution in [2.24, 2.45) is 0 Å². The molecule has 0 fully saturated rings. The van der Waals surface area contributed by atoms with E-state index >= 15 is 0 Å². The zero-order valence-electron chi connectivity index (χ0n) is 3.19. The Morgan fingerprint density at radius 1 is 1.50 bits per heavy atom. The van der Waals surface area contributed by atoms with Crippen molar-refractivity contribution in [1.82, 2.24) is 0 Å². The number of alkyl halides is 2. The Bertz CT molecular complexity index is 30.0. The van der Waals surface area contributed by atoms with E-state index in [0.29, 0.717) is 0 Å². The molecule has 0 heterocycles. The van der Waals surface area contributed by atoms with Crippen LogP contribution in [0.3, 0.4) is 0 Å². The summed E-state index contributed by atoms with van der Waals surface area (Å²) in [6.45, 7) is 0.237. The molecule has 0 bridgehead atoms. The summed E-state index contributed by atoms with van der Waals surface area (Å²) in [6, 6.07) is 0. The molecule has 1 nitrogen and oxygen atoms in total. The maximum atomic E-state index is 8.18. The summed E-state index contributed by atoms with van der Waals surface area (Å²) in [5, 5.41) is 8.18.